The highest BCUT2D eigenvalue weighted by molar-refractivity contribution is 6.32. The van der Waals surface area contributed by atoms with E-state index in [0.29, 0.717) is 41.7 Å². The predicted molar refractivity (Wildman–Crippen MR) is 212 cm³/mol. The van der Waals surface area contributed by atoms with Crippen molar-refractivity contribution in [3.05, 3.63) is 135 Å². The quantitative estimate of drug-likeness (QED) is 0.0814. The van der Waals surface area contributed by atoms with E-state index in [4.69, 9.17) is 26.2 Å². The second-order valence-electron chi connectivity index (χ2n) is 14.0. The van der Waals surface area contributed by atoms with Crippen LogP contribution in [0.5, 0.6) is 11.5 Å². The fraction of sp³-hybridized carbons (Fsp3) is 0.295. The van der Waals surface area contributed by atoms with Crippen molar-refractivity contribution in [3.63, 3.8) is 0 Å². The van der Waals surface area contributed by atoms with Gasteiger partial charge in [-0.25, -0.2) is 0 Å². The van der Waals surface area contributed by atoms with Crippen LogP contribution >= 0.6 is 11.6 Å². The number of nitriles is 1. The first-order chi connectivity index (χ1) is 26.6. The Morgan fingerprint density at radius 3 is 2.40 bits per heavy atom. The smallest absolute Gasteiger partial charge is 0.306 e. The molecule has 4 aromatic carbocycles. The summed E-state index contributed by atoms with van der Waals surface area (Å²) in [6.45, 7) is 7.37. The van der Waals surface area contributed by atoms with E-state index in [1.165, 1.54) is 6.20 Å². The molecule has 0 bridgehead atoms. The van der Waals surface area contributed by atoms with Crippen molar-refractivity contribution in [1.82, 2.24) is 15.2 Å². The Bertz CT molecular complexity index is 2170. The molecular formula is C44H45ClN4O6. The van der Waals surface area contributed by atoms with Crippen molar-refractivity contribution in [2.24, 2.45) is 0 Å². The average molecular weight is 761 g/mol. The van der Waals surface area contributed by atoms with E-state index >= 15 is 0 Å². The second kappa shape index (κ2) is 18.4. The van der Waals surface area contributed by atoms with Crippen LogP contribution in [0.25, 0.3) is 22.3 Å². The Kier molecular flexibility index (Phi) is 13.2. The van der Waals surface area contributed by atoms with Crippen LogP contribution in [0.2, 0.25) is 5.02 Å². The second-order valence-corrected chi connectivity index (χ2v) is 14.4. The zero-order valence-electron chi connectivity index (χ0n) is 31.0. The lowest BCUT2D eigenvalue weighted by molar-refractivity contribution is -0.139. The van der Waals surface area contributed by atoms with Crippen LogP contribution in [0.4, 0.5) is 0 Å². The van der Waals surface area contributed by atoms with Gasteiger partial charge in [-0.2, -0.15) is 5.26 Å². The number of aliphatic hydroxyl groups is 2. The highest BCUT2D eigenvalue weighted by Crippen LogP contribution is 2.37. The Labute approximate surface area is 326 Å². The summed E-state index contributed by atoms with van der Waals surface area (Å²) in [5, 5.41) is 41.7. The number of rotatable bonds is 16. The first kappa shape index (κ1) is 39.4. The Balaban J connectivity index is 1.18. The number of carboxylic acid groups (broad SMARTS) is 1. The first-order valence-electron chi connectivity index (χ1n) is 18.3. The number of aromatic nitrogens is 1. The Morgan fingerprint density at radius 2 is 1.67 bits per heavy atom. The highest BCUT2D eigenvalue weighted by atomic mass is 35.5. The number of nitrogens with zero attached hydrogens (tertiary/aromatic N) is 3. The van der Waals surface area contributed by atoms with Gasteiger partial charge in [0.25, 0.3) is 0 Å². The zero-order chi connectivity index (χ0) is 38.9. The minimum absolute atomic E-state index is 0.206. The number of aliphatic carboxylic acids is 1. The summed E-state index contributed by atoms with van der Waals surface area (Å²) in [4.78, 5) is 17.1. The number of ether oxygens (including phenoxy) is 2. The molecule has 1 aliphatic rings. The van der Waals surface area contributed by atoms with Gasteiger partial charge in [-0.1, -0.05) is 72.3 Å². The van der Waals surface area contributed by atoms with Crippen LogP contribution in [0, 0.1) is 25.2 Å². The fourth-order valence-corrected chi connectivity index (χ4v) is 7.16. The number of likely N-dealkylation sites (tertiary alicyclic amines) is 1. The van der Waals surface area contributed by atoms with Gasteiger partial charge < -0.3 is 30.1 Å². The Hall–Kier alpha value is -5.28. The number of nitrogens with one attached hydrogen (secondary N) is 1. The third-order valence-electron chi connectivity index (χ3n) is 9.91. The van der Waals surface area contributed by atoms with E-state index in [1.54, 1.807) is 12.3 Å². The number of β-amino-alcohol motifs (C(OH)–C–C–N with tert-alkyl or cyclic N) is 1. The summed E-state index contributed by atoms with van der Waals surface area (Å²) in [7, 11) is 0. The molecule has 2 atom stereocenters. The number of benzene rings is 4. The summed E-state index contributed by atoms with van der Waals surface area (Å²) in [5.41, 5.74) is 10.8. The molecule has 0 unspecified atom stereocenters. The van der Waals surface area contributed by atoms with Gasteiger partial charge in [-0.15, -0.1) is 0 Å². The highest BCUT2D eigenvalue weighted by Gasteiger charge is 2.23. The third kappa shape index (κ3) is 10.3. The molecule has 0 aliphatic carbocycles. The number of aliphatic hydroxyl groups excluding tert-OH is 2. The zero-order valence-corrected chi connectivity index (χ0v) is 31.7. The van der Waals surface area contributed by atoms with E-state index in [0.717, 1.165) is 68.6 Å². The summed E-state index contributed by atoms with van der Waals surface area (Å²) >= 11 is 6.84. The number of pyridine rings is 1. The number of hydrogen-bond acceptors (Lipinski definition) is 9. The molecule has 0 amide bonds. The monoisotopic (exact) mass is 760 g/mol. The molecule has 1 saturated heterocycles. The van der Waals surface area contributed by atoms with E-state index in [-0.39, 0.29) is 32.3 Å². The lowest BCUT2D eigenvalue weighted by Gasteiger charge is -2.20. The first-order valence-corrected chi connectivity index (χ1v) is 18.7. The minimum atomic E-state index is -1.02. The standard InChI is InChI=1S/C44H45ClN4O6/c1-28-34(5-3-7-39(28)40-8-4-6-38(29(40)2)33-11-9-30(10-12-33)20-48-23-37(51)17-44(52)53)27-55-43-18-42(54-26-32-15-31(19-46)21-47-22-32)35(16-41(43)45)24-49-14-13-36(50)25-49/h3-12,15-16,18,21-22,36-37,48,50-51H,13-14,17,20,23-27H2,1-2H3,(H,52,53)/t36-,37+/m1/s1. The van der Waals surface area contributed by atoms with Gasteiger partial charge in [0.1, 0.15) is 30.8 Å². The van der Waals surface area contributed by atoms with Crippen LogP contribution in [-0.4, -0.2) is 63.0 Å². The van der Waals surface area contributed by atoms with Gasteiger partial charge in [0.05, 0.1) is 29.2 Å². The molecule has 4 N–H and O–H groups in total. The molecule has 0 radical (unpaired) electrons. The SMILES string of the molecule is Cc1c(COc2cc(OCc3cncc(C#N)c3)c(CN3CC[C@@H](O)C3)cc2Cl)cccc1-c1cccc(-c2ccc(CNC[C@@H](O)CC(=O)O)cc2)c1C. The molecule has 55 heavy (non-hydrogen) atoms. The van der Waals surface area contributed by atoms with E-state index in [9.17, 15) is 20.3 Å². The molecule has 1 fully saturated rings. The van der Waals surface area contributed by atoms with Crippen LogP contribution in [0.15, 0.2) is 91.3 Å². The van der Waals surface area contributed by atoms with Crippen LogP contribution < -0.4 is 14.8 Å². The summed E-state index contributed by atoms with van der Waals surface area (Å²) in [5.74, 6) is 0.0776. The van der Waals surface area contributed by atoms with Gasteiger partial charge in [-0.05, 0) is 76.9 Å². The van der Waals surface area contributed by atoms with E-state index < -0.39 is 12.1 Å². The number of carbonyl (C=O) groups is 1. The predicted octanol–water partition coefficient (Wildman–Crippen LogP) is 7.21. The van der Waals surface area contributed by atoms with Crippen LogP contribution in [-0.2, 0) is 31.1 Å². The lowest BCUT2D eigenvalue weighted by atomic mass is 9.89. The number of carboxylic acids is 1. The molecule has 11 heteroatoms. The summed E-state index contributed by atoms with van der Waals surface area (Å²) in [6, 6.07) is 28.3. The van der Waals surface area contributed by atoms with E-state index in [1.807, 2.05) is 30.3 Å². The number of halogens is 1. The van der Waals surface area contributed by atoms with Gasteiger partial charge in [0, 0.05) is 62.3 Å². The summed E-state index contributed by atoms with van der Waals surface area (Å²) in [6.07, 6.45) is 2.34. The van der Waals surface area contributed by atoms with Crippen molar-refractivity contribution >= 4 is 17.6 Å². The fourth-order valence-electron chi connectivity index (χ4n) is 6.92. The molecule has 6 rings (SSSR count). The molecule has 1 aromatic heterocycles. The molecule has 0 saturated carbocycles. The van der Waals surface area contributed by atoms with Crippen molar-refractivity contribution in [1.29, 1.82) is 5.26 Å². The average Bonchev–Trinajstić information content (AvgIpc) is 3.59. The van der Waals surface area contributed by atoms with Gasteiger partial charge in [0.15, 0.2) is 0 Å². The van der Waals surface area contributed by atoms with Gasteiger partial charge >= 0.3 is 5.97 Å². The molecule has 10 nitrogen and oxygen atoms in total. The molecule has 5 aromatic rings. The minimum Gasteiger partial charge on any atom is -0.488 e. The van der Waals surface area contributed by atoms with Crippen molar-refractivity contribution in [3.8, 4) is 39.8 Å². The van der Waals surface area contributed by atoms with Crippen LogP contribution in [0.3, 0.4) is 0 Å². The normalized spacial score (nSPS) is 14.7. The largest absolute Gasteiger partial charge is 0.488 e. The maximum Gasteiger partial charge on any atom is 0.306 e. The molecule has 1 aliphatic heterocycles. The Morgan fingerprint density at radius 1 is 0.945 bits per heavy atom. The summed E-state index contributed by atoms with van der Waals surface area (Å²) < 4.78 is 12.7. The lowest BCUT2D eigenvalue weighted by Crippen LogP contribution is -2.28. The maximum absolute atomic E-state index is 10.8. The third-order valence-corrected chi connectivity index (χ3v) is 10.2. The van der Waals surface area contributed by atoms with Gasteiger partial charge in [0.2, 0.25) is 0 Å². The van der Waals surface area contributed by atoms with Crippen molar-refractivity contribution in [2.45, 2.75) is 65.2 Å². The molecule has 0 spiro atoms. The topological polar surface area (TPSA) is 148 Å². The van der Waals surface area contributed by atoms with Crippen molar-refractivity contribution < 1.29 is 29.6 Å². The molecule has 284 valence electrons. The molecular weight excluding hydrogens is 716 g/mol. The van der Waals surface area contributed by atoms with Gasteiger partial charge in [-0.3, -0.25) is 14.7 Å². The van der Waals surface area contributed by atoms with Crippen LogP contribution in [0.1, 0.15) is 51.8 Å². The molecule has 2 heterocycles. The van der Waals surface area contributed by atoms with E-state index in [2.05, 4.69) is 77.6 Å². The number of hydrogen-bond donors (Lipinski definition) is 4. The maximum atomic E-state index is 10.8. The van der Waals surface area contributed by atoms with Crippen molar-refractivity contribution in [2.75, 3.05) is 19.6 Å².